The number of nitriles is 1. The Labute approximate surface area is 183 Å². The molecule has 2 heterocycles. The highest BCUT2D eigenvalue weighted by Crippen LogP contribution is 2.37. The second kappa shape index (κ2) is 8.51. The Morgan fingerprint density at radius 1 is 1.12 bits per heavy atom. The van der Waals surface area contributed by atoms with Crippen LogP contribution in [-0.2, 0) is 9.47 Å². The lowest BCUT2D eigenvalue weighted by atomic mass is 9.92. The molecule has 0 saturated carbocycles. The minimum atomic E-state index is -0.753. The van der Waals surface area contributed by atoms with E-state index in [-0.39, 0.29) is 27.9 Å². The summed E-state index contributed by atoms with van der Waals surface area (Å²) in [6, 6.07) is 9.25. The van der Waals surface area contributed by atoms with Gasteiger partial charge in [0.1, 0.15) is 6.07 Å². The van der Waals surface area contributed by atoms with Crippen molar-refractivity contribution < 1.29 is 24.0 Å². The van der Waals surface area contributed by atoms with Gasteiger partial charge in [-0.1, -0.05) is 12.1 Å². The molecule has 0 spiro atoms. The van der Waals surface area contributed by atoms with Gasteiger partial charge in [0, 0.05) is 29.1 Å². The SMILES string of the molecule is COC(=O)c1c(-c2cccc([N+](=O)[O-])c2)c(C(=O)OC(C)C)c(C)n2c(C)c(C#N)cc12. The van der Waals surface area contributed by atoms with E-state index in [0.717, 1.165) is 0 Å². The highest BCUT2D eigenvalue weighted by molar-refractivity contribution is 6.11. The van der Waals surface area contributed by atoms with Crippen molar-refractivity contribution >= 4 is 23.1 Å². The maximum Gasteiger partial charge on any atom is 0.340 e. The highest BCUT2D eigenvalue weighted by Gasteiger charge is 2.31. The van der Waals surface area contributed by atoms with E-state index in [9.17, 15) is 25.0 Å². The second-order valence-electron chi connectivity index (χ2n) is 7.44. The van der Waals surface area contributed by atoms with Gasteiger partial charge in [0.25, 0.3) is 5.69 Å². The number of rotatable bonds is 5. The molecule has 3 aromatic rings. The molecule has 0 fully saturated rings. The van der Waals surface area contributed by atoms with Crippen molar-refractivity contribution in [2.75, 3.05) is 7.11 Å². The molecule has 32 heavy (non-hydrogen) atoms. The fourth-order valence-electron chi connectivity index (χ4n) is 3.78. The fraction of sp³-hybridized carbons (Fsp3) is 0.261. The summed E-state index contributed by atoms with van der Waals surface area (Å²) in [5.74, 6) is -1.45. The van der Waals surface area contributed by atoms with E-state index < -0.39 is 23.0 Å². The molecule has 2 aromatic heterocycles. The van der Waals surface area contributed by atoms with Crippen LogP contribution in [0.1, 0.15) is 51.5 Å². The van der Waals surface area contributed by atoms with E-state index in [2.05, 4.69) is 6.07 Å². The van der Waals surface area contributed by atoms with E-state index in [1.54, 1.807) is 38.2 Å². The van der Waals surface area contributed by atoms with Crippen molar-refractivity contribution in [3.05, 3.63) is 68.5 Å². The van der Waals surface area contributed by atoms with Crippen molar-refractivity contribution in [3.63, 3.8) is 0 Å². The molecule has 0 bridgehead atoms. The van der Waals surface area contributed by atoms with Crippen molar-refractivity contribution in [2.45, 2.75) is 33.8 Å². The Kier molecular flexibility index (Phi) is 5.98. The predicted molar refractivity (Wildman–Crippen MR) is 116 cm³/mol. The number of benzene rings is 1. The maximum absolute atomic E-state index is 13.2. The number of non-ortho nitro benzene ring substituents is 1. The molecule has 0 atom stereocenters. The first-order chi connectivity index (χ1) is 15.1. The molecule has 0 aliphatic carbocycles. The van der Waals surface area contributed by atoms with Crippen LogP contribution in [0.4, 0.5) is 5.69 Å². The normalized spacial score (nSPS) is 10.8. The zero-order valence-corrected chi connectivity index (χ0v) is 18.3. The third-order valence-electron chi connectivity index (χ3n) is 5.10. The predicted octanol–water partition coefficient (Wildman–Crippen LogP) is 4.35. The third kappa shape index (κ3) is 3.67. The minimum absolute atomic E-state index is 0.0129. The van der Waals surface area contributed by atoms with E-state index in [1.165, 1.54) is 31.4 Å². The van der Waals surface area contributed by atoms with Gasteiger partial charge in [-0.05, 0) is 39.3 Å². The number of aromatic nitrogens is 1. The van der Waals surface area contributed by atoms with Gasteiger partial charge in [0.15, 0.2) is 0 Å². The van der Waals surface area contributed by atoms with Crippen LogP contribution in [0.25, 0.3) is 16.6 Å². The summed E-state index contributed by atoms with van der Waals surface area (Å²) in [6.07, 6.45) is -0.447. The molecule has 9 heteroatoms. The molecule has 0 aliphatic heterocycles. The lowest BCUT2D eigenvalue weighted by molar-refractivity contribution is -0.384. The van der Waals surface area contributed by atoms with Gasteiger partial charge < -0.3 is 13.9 Å². The quantitative estimate of drug-likeness (QED) is 0.331. The summed E-state index contributed by atoms with van der Waals surface area (Å²) in [7, 11) is 1.20. The van der Waals surface area contributed by atoms with Gasteiger partial charge in [0.05, 0.1) is 40.3 Å². The number of carbonyl (C=O) groups is 2. The van der Waals surface area contributed by atoms with E-state index in [0.29, 0.717) is 22.5 Å². The topological polar surface area (TPSA) is 124 Å². The second-order valence-corrected chi connectivity index (χ2v) is 7.44. The number of nitro groups is 1. The molecular formula is C23H21N3O6. The molecule has 3 rings (SSSR count). The number of methoxy groups -OCH3 is 1. The monoisotopic (exact) mass is 435 g/mol. The van der Waals surface area contributed by atoms with Gasteiger partial charge in [-0.3, -0.25) is 10.1 Å². The summed E-state index contributed by atoms with van der Waals surface area (Å²) >= 11 is 0. The summed E-state index contributed by atoms with van der Waals surface area (Å²) in [5, 5.41) is 20.9. The minimum Gasteiger partial charge on any atom is -0.465 e. The zero-order chi connectivity index (χ0) is 23.7. The van der Waals surface area contributed by atoms with Gasteiger partial charge in [0.2, 0.25) is 0 Å². The molecule has 164 valence electrons. The summed E-state index contributed by atoms with van der Waals surface area (Å²) in [4.78, 5) is 37.0. The Morgan fingerprint density at radius 3 is 2.38 bits per heavy atom. The summed E-state index contributed by atoms with van der Waals surface area (Å²) in [5.41, 5.74) is 1.94. The van der Waals surface area contributed by atoms with E-state index in [1.807, 2.05) is 0 Å². The number of carbonyl (C=O) groups excluding carboxylic acids is 2. The molecule has 0 aliphatic rings. The van der Waals surface area contributed by atoms with Crippen molar-refractivity contribution in [1.29, 1.82) is 5.26 Å². The summed E-state index contributed by atoms with van der Waals surface area (Å²) in [6.45, 7) is 6.74. The number of nitrogens with zero attached hydrogens (tertiary/aromatic N) is 3. The molecular weight excluding hydrogens is 414 g/mol. The fourth-order valence-corrected chi connectivity index (χ4v) is 3.78. The number of nitro benzene ring substituents is 1. The average Bonchev–Trinajstić information content (AvgIpc) is 3.08. The molecule has 1 aromatic carbocycles. The molecule has 0 unspecified atom stereocenters. The first kappa shape index (κ1) is 22.5. The largest absolute Gasteiger partial charge is 0.465 e. The average molecular weight is 435 g/mol. The van der Waals surface area contributed by atoms with Crippen LogP contribution in [0.5, 0.6) is 0 Å². The number of aryl methyl sites for hydroxylation is 2. The van der Waals surface area contributed by atoms with Gasteiger partial charge in [-0.2, -0.15) is 5.26 Å². The molecule has 0 N–H and O–H groups in total. The molecule has 9 nitrogen and oxygen atoms in total. The standard InChI is InChI=1S/C23H21N3O6/c1-12(2)32-23(28)19-14(4)25-13(3)16(11-24)10-18(25)21(22(27)31-5)20(19)15-7-6-8-17(9-15)26(29)30/h6-10,12H,1-5H3. The van der Waals surface area contributed by atoms with Crippen LogP contribution in [0.2, 0.25) is 0 Å². The number of esters is 2. The Hall–Kier alpha value is -4.19. The van der Waals surface area contributed by atoms with Crippen molar-refractivity contribution in [3.8, 4) is 17.2 Å². The van der Waals surface area contributed by atoms with Gasteiger partial charge >= 0.3 is 11.9 Å². The Morgan fingerprint density at radius 2 is 1.81 bits per heavy atom. The lowest BCUT2D eigenvalue weighted by Crippen LogP contribution is -2.19. The number of fused-ring (bicyclic) bond motifs is 1. The van der Waals surface area contributed by atoms with Crippen molar-refractivity contribution in [1.82, 2.24) is 4.40 Å². The Balaban J connectivity index is 2.58. The first-order valence-electron chi connectivity index (χ1n) is 9.75. The van der Waals surface area contributed by atoms with Crippen LogP contribution in [0, 0.1) is 35.3 Å². The van der Waals surface area contributed by atoms with Crippen LogP contribution in [0.3, 0.4) is 0 Å². The number of hydrogen-bond acceptors (Lipinski definition) is 7. The number of pyridine rings is 1. The van der Waals surface area contributed by atoms with Crippen molar-refractivity contribution in [2.24, 2.45) is 0 Å². The number of ether oxygens (including phenoxy) is 2. The van der Waals surface area contributed by atoms with Crippen LogP contribution in [0.15, 0.2) is 30.3 Å². The van der Waals surface area contributed by atoms with Gasteiger partial charge in [-0.15, -0.1) is 0 Å². The smallest absolute Gasteiger partial charge is 0.340 e. The summed E-state index contributed by atoms with van der Waals surface area (Å²) < 4.78 is 12.1. The molecule has 0 radical (unpaired) electrons. The number of hydrogen-bond donors (Lipinski definition) is 0. The third-order valence-corrected chi connectivity index (χ3v) is 5.10. The van der Waals surface area contributed by atoms with Crippen LogP contribution < -0.4 is 0 Å². The van der Waals surface area contributed by atoms with E-state index >= 15 is 0 Å². The van der Waals surface area contributed by atoms with Crippen LogP contribution in [-0.4, -0.2) is 34.5 Å². The highest BCUT2D eigenvalue weighted by atomic mass is 16.6. The molecule has 0 amide bonds. The van der Waals surface area contributed by atoms with E-state index in [4.69, 9.17) is 9.47 Å². The molecule has 0 saturated heterocycles. The van der Waals surface area contributed by atoms with Crippen LogP contribution >= 0.6 is 0 Å². The first-order valence-corrected chi connectivity index (χ1v) is 9.75. The maximum atomic E-state index is 13.2. The van der Waals surface area contributed by atoms with Gasteiger partial charge in [-0.25, -0.2) is 9.59 Å². The zero-order valence-electron chi connectivity index (χ0n) is 18.3. The Bertz CT molecular complexity index is 1310. The lowest BCUT2D eigenvalue weighted by Gasteiger charge is -2.20.